The average molecular weight is 439 g/mol. The molecule has 2 N–H and O–H groups in total. The lowest BCUT2D eigenvalue weighted by Gasteiger charge is -2.57. The van der Waals surface area contributed by atoms with E-state index in [4.69, 9.17) is 4.74 Å². The molecule has 4 saturated carbocycles. The van der Waals surface area contributed by atoms with Crippen molar-refractivity contribution in [3.63, 3.8) is 0 Å². The van der Waals surface area contributed by atoms with Crippen LogP contribution in [0.4, 0.5) is 0 Å². The second kappa shape index (κ2) is 8.81. The van der Waals surface area contributed by atoms with Crippen LogP contribution in [0.3, 0.4) is 0 Å². The Hall–Kier alpha value is -1.88. The van der Waals surface area contributed by atoms with Gasteiger partial charge >= 0.3 is 0 Å². The Balaban J connectivity index is 1.22. The minimum atomic E-state index is -0.549. The van der Waals surface area contributed by atoms with E-state index in [0.717, 1.165) is 37.2 Å². The first-order valence-electron chi connectivity index (χ1n) is 12.7. The summed E-state index contributed by atoms with van der Waals surface area (Å²) in [6.45, 7) is 5.21. The van der Waals surface area contributed by atoms with Gasteiger partial charge in [-0.25, -0.2) is 0 Å². The molecular weight excluding hydrogens is 400 g/mol. The normalized spacial score (nSPS) is 34.0. The van der Waals surface area contributed by atoms with E-state index in [1.807, 2.05) is 26.0 Å². The Morgan fingerprint density at radius 2 is 1.66 bits per heavy atom. The molecule has 2 atom stereocenters. The molecule has 1 aliphatic heterocycles. The number of hydrogen-bond donors (Lipinski definition) is 2. The predicted octanol–water partition coefficient (Wildman–Crippen LogP) is 4.20. The molecule has 1 aromatic rings. The summed E-state index contributed by atoms with van der Waals surface area (Å²) in [5.41, 5.74) is 2.39. The molecule has 0 radical (unpaired) electrons. The van der Waals surface area contributed by atoms with Gasteiger partial charge in [0.1, 0.15) is 6.04 Å². The second-order valence-electron chi connectivity index (χ2n) is 11.4. The maximum absolute atomic E-state index is 13.0. The zero-order valence-corrected chi connectivity index (χ0v) is 19.6. The smallest absolute Gasteiger partial charge is 0.251 e. The van der Waals surface area contributed by atoms with Crippen LogP contribution in [0.15, 0.2) is 24.3 Å². The Kier molecular flexibility index (Phi) is 6.04. The highest BCUT2D eigenvalue weighted by Gasteiger charge is 2.51. The third kappa shape index (κ3) is 4.33. The maximum atomic E-state index is 13.0. The van der Waals surface area contributed by atoms with Gasteiger partial charge in [0.2, 0.25) is 5.91 Å². The van der Waals surface area contributed by atoms with Crippen molar-refractivity contribution in [1.82, 2.24) is 10.6 Å². The summed E-state index contributed by atoms with van der Waals surface area (Å²) in [6, 6.07) is 7.75. The molecular formula is C27H38N2O3. The molecule has 4 aliphatic carbocycles. The number of rotatable bonds is 7. The lowest BCUT2D eigenvalue weighted by atomic mass is 9.48. The second-order valence-corrected chi connectivity index (χ2v) is 11.4. The SMILES string of the molecule is CC(C)[C@@H](NC(=O)c1ccc(C23CC4CC(CC(C4)C2)C3)cc1)C(=O)NC[C@@H]1CCCO1. The molecule has 32 heavy (non-hydrogen) atoms. The van der Waals surface area contributed by atoms with Crippen LogP contribution in [0.1, 0.15) is 81.1 Å². The molecule has 174 valence electrons. The van der Waals surface area contributed by atoms with Gasteiger partial charge in [-0.3, -0.25) is 9.59 Å². The highest BCUT2D eigenvalue weighted by atomic mass is 16.5. The Morgan fingerprint density at radius 3 is 2.19 bits per heavy atom. The molecule has 0 unspecified atom stereocenters. The van der Waals surface area contributed by atoms with Gasteiger partial charge in [-0.15, -0.1) is 0 Å². The molecule has 5 nitrogen and oxygen atoms in total. The zero-order valence-electron chi connectivity index (χ0n) is 19.6. The molecule has 6 rings (SSSR count). The first-order valence-corrected chi connectivity index (χ1v) is 12.7. The molecule has 5 heteroatoms. The number of ether oxygens (including phenoxy) is 1. The molecule has 5 fully saturated rings. The van der Waals surface area contributed by atoms with E-state index < -0.39 is 6.04 Å². The van der Waals surface area contributed by atoms with Crippen molar-refractivity contribution in [2.75, 3.05) is 13.2 Å². The van der Waals surface area contributed by atoms with Crippen LogP contribution in [0, 0.1) is 23.7 Å². The van der Waals surface area contributed by atoms with Crippen molar-refractivity contribution in [3.05, 3.63) is 35.4 Å². The zero-order chi connectivity index (χ0) is 22.3. The number of hydrogen-bond acceptors (Lipinski definition) is 3. The fourth-order valence-corrected chi connectivity index (χ4v) is 7.33. The van der Waals surface area contributed by atoms with Gasteiger partial charge in [-0.2, -0.15) is 0 Å². The van der Waals surface area contributed by atoms with Gasteiger partial charge in [0.25, 0.3) is 5.91 Å². The van der Waals surface area contributed by atoms with Crippen LogP contribution in [0.25, 0.3) is 0 Å². The fraction of sp³-hybridized carbons (Fsp3) is 0.704. The molecule has 1 aromatic carbocycles. The van der Waals surface area contributed by atoms with Crippen molar-refractivity contribution in [2.45, 2.75) is 82.8 Å². The third-order valence-corrected chi connectivity index (χ3v) is 8.56. The van der Waals surface area contributed by atoms with Gasteiger partial charge < -0.3 is 15.4 Å². The predicted molar refractivity (Wildman–Crippen MR) is 124 cm³/mol. The number of nitrogens with one attached hydrogen (secondary N) is 2. The highest BCUT2D eigenvalue weighted by Crippen LogP contribution is 2.60. The van der Waals surface area contributed by atoms with Crippen LogP contribution < -0.4 is 10.6 Å². The largest absolute Gasteiger partial charge is 0.376 e. The van der Waals surface area contributed by atoms with E-state index in [9.17, 15) is 9.59 Å². The van der Waals surface area contributed by atoms with E-state index in [0.29, 0.717) is 17.5 Å². The first kappa shape index (κ1) is 21.9. The van der Waals surface area contributed by atoms with E-state index in [1.165, 1.54) is 44.1 Å². The first-order chi connectivity index (χ1) is 15.4. The molecule has 4 bridgehead atoms. The van der Waals surface area contributed by atoms with Crippen LogP contribution in [0.2, 0.25) is 0 Å². The highest BCUT2D eigenvalue weighted by molar-refractivity contribution is 5.97. The van der Waals surface area contributed by atoms with E-state index in [1.54, 1.807) is 0 Å². The van der Waals surface area contributed by atoms with Crippen LogP contribution in [-0.2, 0) is 14.9 Å². The van der Waals surface area contributed by atoms with Crippen molar-refractivity contribution < 1.29 is 14.3 Å². The van der Waals surface area contributed by atoms with Crippen LogP contribution in [0.5, 0.6) is 0 Å². The van der Waals surface area contributed by atoms with Crippen LogP contribution in [-0.4, -0.2) is 37.1 Å². The van der Waals surface area contributed by atoms with Gasteiger partial charge in [0, 0.05) is 18.7 Å². The van der Waals surface area contributed by atoms with E-state index in [-0.39, 0.29) is 23.8 Å². The van der Waals surface area contributed by atoms with Crippen molar-refractivity contribution in [1.29, 1.82) is 0 Å². The summed E-state index contributed by atoms with van der Waals surface area (Å²) in [6.07, 6.45) is 10.4. The topological polar surface area (TPSA) is 67.4 Å². The van der Waals surface area contributed by atoms with Gasteiger partial charge in [0.05, 0.1) is 6.10 Å². The monoisotopic (exact) mass is 438 g/mol. The summed E-state index contributed by atoms with van der Waals surface area (Å²) in [5, 5.41) is 5.94. The summed E-state index contributed by atoms with van der Waals surface area (Å²) >= 11 is 0. The summed E-state index contributed by atoms with van der Waals surface area (Å²) in [4.78, 5) is 25.7. The molecule has 1 heterocycles. The maximum Gasteiger partial charge on any atom is 0.251 e. The fourth-order valence-electron chi connectivity index (χ4n) is 7.33. The van der Waals surface area contributed by atoms with Gasteiger partial charge in [-0.1, -0.05) is 26.0 Å². The lowest BCUT2D eigenvalue weighted by Crippen LogP contribution is -2.51. The standard InChI is InChI=1S/C27H38N2O3/c1-17(2)24(26(31)28-16-23-4-3-9-32-23)29-25(30)21-5-7-22(8-6-21)27-13-18-10-19(14-27)12-20(11-18)15-27/h5-8,17-20,23-24H,3-4,9-16H2,1-2H3,(H,28,31)(H,29,30)/t18?,19?,20?,23-,24+,27?/m0/s1. The molecule has 0 spiro atoms. The molecule has 0 aromatic heterocycles. The summed E-state index contributed by atoms with van der Waals surface area (Å²) in [7, 11) is 0. The summed E-state index contributed by atoms with van der Waals surface area (Å²) < 4.78 is 5.59. The molecule has 5 aliphatic rings. The number of amides is 2. The number of carbonyl (C=O) groups excluding carboxylic acids is 2. The average Bonchev–Trinajstić information content (AvgIpc) is 3.28. The van der Waals surface area contributed by atoms with Crippen molar-refractivity contribution >= 4 is 11.8 Å². The Bertz CT molecular complexity index is 806. The van der Waals surface area contributed by atoms with Crippen molar-refractivity contribution in [2.24, 2.45) is 23.7 Å². The van der Waals surface area contributed by atoms with E-state index in [2.05, 4.69) is 22.8 Å². The minimum absolute atomic E-state index is 0.00902. The Labute approximate surface area is 192 Å². The van der Waals surface area contributed by atoms with Crippen LogP contribution >= 0.6 is 0 Å². The quantitative estimate of drug-likeness (QED) is 0.670. The van der Waals surface area contributed by atoms with Gasteiger partial charge in [0.15, 0.2) is 0 Å². The Morgan fingerprint density at radius 1 is 1.03 bits per heavy atom. The van der Waals surface area contributed by atoms with Gasteiger partial charge in [-0.05, 0) is 98.1 Å². The summed E-state index contributed by atoms with van der Waals surface area (Å²) in [5.74, 6) is 2.43. The molecule has 1 saturated heterocycles. The lowest BCUT2D eigenvalue weighted by molar-refractivity contribution is -0.124. The minimum Gasteiger partial charge on any atom is -0.376 e. The number of benzene rings is 1. The van der Waals surface area contributed by atoms with Crippen molar-refractivity contribution in [3.8, 4) is 0 Å². The van der Waals surface area contributed by atoms with E-state index >= 15 is 0 Å². The molecule has 2 amide bonds. The number of carbonyl (C=O) groups is 2. The third-order valence-electron chi connectivity index (χ3n) is 8.56.